The van der Waals surface area contributed by atoms with Crippen LogP contribution in [0, 0.1) is 11.8 Å². The summed E-state index contributed by atoms with van der Waals surface area (Å²) < 4.78 is 0. The quantitative estimate of drug-likeness (QED) is 0.165. The first kappa shape index (κ1) is 31.4. The minimum Gasteiger partial charge on any atom is -0.310 e. The first-order valence-corrected chi connectivity index (χ1v) is 20.3. The zero-order chi connectivity index (χ0) is 36.5. The Labute approximate surface area is 323 Å². The molecular weight excluding hydrogens is 663 g/mol. The minimum absolute atomic E-state index is 0.106. The summed E-state index contributed by atoms with van der Waals surface area (Å²) in [7, 11) is 0. The lowest BCUT2D eigenvalue weighted by Crippen LogP contribution is -2.32. The van der Waals surface area contributed by atoms with E-state index in [0.29, 0.717) is 5.92 Å². The van der Waals surface area contributed by atoms with E-state index in [-0.39, 0.29) is 10.8 Å². The van der Waals surface area contributed by atoms with Gasteiger partial charge in [-0.3, -0.25) is 0 Å². The first-order valence-electron chi connectivity index (χ1n) is 20.3. The lowest BCUT2D eigenvalue weighted by atomic mass is 9.67. The molecule has 0 N–H and O–H groups in total. The average Bonchev–Trinajstić information content (AvgIpc) is 3.98. The third kappa shape index (κ3) is 4.25. The molecule has 3 atom stereocenters. The van der Waals surface area contributed by atoms with Crippen molar-refractivity contribution in [2.24, 2.45) is 11.8 Å². The summed E-state index contributed by atoms with van der Waals surface area (Å²) in [5.74, 6) is 1.54. The summed E-state index contributed by atoms with van der Waals surface area (Å²) in [5, 5.41) is 5.13. The minimum atomic E-state index is -0.127. The van der Waals surface area contributed by atoms with Crippen molar-refractivity contribution in [2.45, 2.75) is 50.4 Å². The molecule has 3 unspecified atom stereocenters. The number of rotatable bonds is 4. The Bertz CT molecular complexity index is 2890. The normalized spacial score (nSPS) is 20.8. The molecule has 0 heterocycles. The second kappa shape index (κ2) is 11.3. The van der Waals surface area contributed by atoms with Crippen LogP contribution < -0.4 is 4.90 Å². The van der Waals surface area contributed by atoms with Crippen LogP contribution in [-0.2, 0) is 10.8 Å². The van der Waals surface area contributed by atoms with Gasteiger partial charge in [-0.25, -0.2) is 0 Å². The molecule has 8 aromatic carbocycles. The number of fused-ring (bicyclic) bond motifs is 14. The van der Waals surface area contributed by atoms with Crippen LogP contribution in [0.5, 0.6) is 0 Å². The molecule has 0 aromatic heterocycles. The number of anilines is 3. The zero-order valence-corrected chi connectivity index (χ0v) is 31.5. The summed E-state index contributed by atoms with van der Waals surface area (Å²) in [6.45, 7) is 4.81. The van der Waals surface area contributed by atoms with Crippen molar-refractivity contribution in [1.29, 1.82) is 0 Å². The van der Waals surface area contributed by atoms with E-state index in [2.05, 4.69) is 183 Å². The van der Waals surface area contributed by atoms with Gasteiger partial charge in [-0.1, -0.05) is 154 Å². The molecule has 2 fully saturated rings. The largest absolute Gasteiger partial charge is 0.310 e. The van der Waals surface area contributed by atoms with Gasteiger partial charge in [-0.05, 0) is 133 Å². The fourth-order valence-corrected chi connectivity index (χ4v) is 12.1. The third-order valence-corrected chi connectivity index (χ3v) is 14.3. The maximum Gasteiger partial charge on any atom is 0.0540 e. The van der Waals surface area contributed by atoms with Gasteiger partial charge in [-0.15, -0.1) is 0 Å². The molecule has 55 heavy (non-hydrogen) atoms. The van der Waals surface area contributed by atoms with Gasteiger partial charge >= 0.3 is 0 Å². The van der Waals surface area contributed by atoms with Gasteiger partial charge in [-0.2, -0.15) is 0 Å². The fourth-order valence-electron chi connectivity index (χ4n) is 12.1. The van der Waals surface area contributed by atoms with E-state index in [1.54, 1.807) is 11.1 Å². The standard InChI is InChI=1S/C54H43N/c1-53(2)48-19-8-5-15-43(48)46-17-11-18-47(52(46)53)45-16-7-10-21-51(45)55(38-26-28-41-36(31-38)24-23-35-12-3-4-13-40(35)41)39-27-29-44-42-14-6-9-20-49(42)54(50(44)32-39)33-34-22-25-37(54)30-34/h3-21,23-24,26-29,31-32,34,37H,22,25,30,33H2,1-2H3. The van der Waals surface area contributed by atoms with Gasteiger partial charge in [0.1, 0.15) is 0 Å². The van der Waals surface area contributed by atoms with E-state index in [1.807, 2.05) is 0 Å². The molecule has 12 rings (SSSR count). The smallest absolute Gasteiger partial charge is 0.0540 e. The number of hydrogen-bond donors (Lipinski definition) is 0. The van der Waals surface area contributed by atoms with E-state index in [9.17, 15) is 0 Å². The van der Waals surface area contributed by atoms with Crippen molar-refractivity contribution in [1.82, 2.24) is 0 Å². The van der Waals surface area contributed by atoms with E-state index < -0.39 is 0 Å². The highest BCUT2D eigenvalue weighted by Gasteiger charge is 2.56. The van der Waals surface area contributed by atoms with Crippen LogP contribution in [0.1, 0.15) is 61.8 Å². The van der Waals surface area contributed by atoms with Crippen molar-refractivity contribution in [3.8, 4) is 33.4 Å². The van der Waals surface area contributed by atoms with E-state index in [4.69, 9.17) is 0 Å². The third-order valence-electron chi connectivity index (χ3n) is 14.3. The highest BCUT2D eigenvalue weighted by molar-refractivity contribution is 6.09. The highest BCUT2D eigenvalue weighted by atomic mass is 15.1. The van der Waals surface area contributed by atoms with Crippen molar-refractivity contribution >= 4 is 38.6 Å². The second-order valence-corrected chi connectivity index (χ2v) is 17.3. The van der Waals surface area contributed by atoms with Crippen LogP contribution in [0.2, 0.25) is 0 Å². The van der Waals surface area contributed by atoms with E-state index in [1.165, 1.54) is 109 Å². The van der Waals surface area contributed by atoms with Gasteiger partial charge in [0.05, 0.1) is 5.69 Å². The van der Waals surface area contributed by atoms with Crippen LogP contribution in [0.4, 0.5) is 17.1 Å². The van der Waals surface area contributed by atoms with Gasteiger partial charge in [0.15, 0.2) is 0 Å². The second-order valence-electron chi connectivity index (χ2n) is 17.3. The fraction of sp³-hybridized carbons (Fsp3) is 0.185. The molecular formula is C54H43N. The average molecular weight is 706 g/mol. The van der Waals surface area contributed by atoms with Crippen LogP contribution in [0.3, 0.4) is 0 Å². The monoisotopic (exact) mass is 705 g/mol. The van der Waals surface area contributed by atoms with E-state index in [0.717, 1.165) is 5.92 Å². The van der Waals surface area contributed by atoms with Gasteiger partial charge in [0, 0.05) is 27.8 Å². The maximum absolute atomic E-state index is 2.60. The predicted molar refractivity (Wildman–Crippen MR) is 231 cm³/mol. The Morgan fingerprint density at radius 3 is 1.91 bits per heavy atom. The van der Waals surface area contributed by atoms with Crippen LogP contribution in [0.25, 0.3) is 54.9 Å². The molecule has 4 aliphatic carbocycles. The topological polar surface area (TPSA) is 3.24 Å². The molecule has 8 aromatic rings. The summed E-state index contributed by atoms with van der Waals surface area (Å²) in [5.41, 5.74) is 17.7. The van der Waals surface area contributed by atoms with Crippen molar-refractivity contribution in [3.63, 3.8) is 0 Å². The highest BCUT2D eigenvalue weighted by Crippen LogP contribution is 2.66. The Hall–Kier alpha value is -5.92. The molecule has 0 saturated heterocycles. The van der Waals surface area contributed by atoms with Crippen molar-refractivity contribution in [2.75, 3.05) is 4.90 Å². The Morgan fingerprint density at radius 1 is 0.473 bits per heavy atom. The molecule has 4 aliphatic rings. The lowest BCUT2D eigenvalue weighted by molar-refractivity contribution is 0.327. The molecule has 0 radical (unpaired) electrons. The molecule has 1 heteroatoms. The predicted octanol–water partition coefficient (Wildman–Crippen LogP) is 14.5. The van der Waals surface area contributed by atoms with Gasteiger partial charge in [0.25, 0.3) is 0 Å². The van der Waals surface area contributed by atoms with Crippen LogP contribution in [0.15, 0.2) is 164 Å². The zero-order valence-electron chi connectivity index (χ0n) is 31.5. The lowest BCUT2D eigenvalue weighted by Gasteiger charge is -2.37. The van der Waals surface area contributed by atoms with Crippen molar-refractivity contribution < 1.29 is 0 Å². The number of nitrogens with zero attached hydrogens (tertiary/aromatic N) is 1. The van der Waals surface area contributed by atoms with Gasteiger partial charge < -0.3 is 4.90 Å². The molecule has 264 valence electrons. The summed E-state index contributed by atoms with van der Waals surface area (Å²) in [6, 6.07) is 62.4. The Morgan fingerprint density at radius 2 is 1.09 bits per heavy atom. The molecule has 2 saturated carbocycles. The molecule has 1 nitrogen and oxygen atoms in total. The van der Waals surface area contributed by atoms with Crippen LogP contribution in [-0.4, -0.2) is 0 Å². The summed E-state index contributed by atoms with van der Waals surface area (Å²) in [6.07, 6.45) is 5.36. The number of hydrogen-bond acceptors (Lipinski definition) is 1. The molecule has 0 aliphatic heterocycles. The van der Waals surface area contributed by atoms with Crippen LogP contribution >= 0.6 is 0 Å². The molecule has 2 bridgehead atoms. The van der Waals surface area contributed by atoms with Gasteiger partial charge in [0.2, 0.25) is 0 Å². The number of para-hydroxylation sites is 1. The van der Waals surface area contributed by atoms with Crippen molar-refractivity contribution in [3.05, 3.63) is 186 Å². The molecule has 1 spiro atoms. The molecule has 0 amide bonds. The first-order chi connectivity index (χ1) is 27.0. The van der Waals surface area contributed by atoms with E-state index >= 15 is 0 Å². The summed E-state index contributed by atoms with van der Waals surface area (Å²) in [4.78, 5) is 2.57. The maximum atomic E-state index is 2.60. The Kier molecular flexibility index (Phi) is 6.46. The number of benzene rings is 8. The SMILES string of the molecule is CC1(C)c2ccccc2-c2cccc(-c3ccccc3N(c3ccc4c(c3)C3(CC5CCC3C5)c3ccccc3-4)c3ccc4c(ccc5ccccc54)c3)c21. The Balaban J connectivity index is 1.11. The summed E-state index contributed by atoms with van der Waals surface area (Å²) >= 11 is 0.